The highest BCUT2D eigenvalue weighted by Gasteiger charge is 2.28. The molecule has 1 saturated heterocycles. The van der Waals surface area contributed by atoms with E-state index in [1.54, 1.807) is 20.9 Å². The number of rotatable bonds is 8. The fourth-order valence-corrected chi connectivity index (χ4v) is 3.68. The van der Waals surface area contributed by atoms with Crippen molar-refractivity contribution < 1.29 is 14.4 Å². The van der Waals surface area contributed by atoms with Crippen LogP contribution < -0.4 is 16.6 Å². The van der Waals surface area contributed by atoms with Gasteiger partial charge >= 0.3 is 0 Å². The molecule has 0 radical (unpaired) electrons. The summed E-state index contributed by atoms with van der Waals surface area (Å²) in [6.07, 6.45) is 0.993. The molecule has 160 valence electrons. The minimum atomic E-state index is -0.446. The van der Waals surface area contributed by atoms with Crippen LogP contribution in [-0.4, -0.2) is 66.0 Å². The zero-order valence-electron chi connectivity index (χ0n) is 16.8. The van der Waals surface area contributed by atoms with Crippen molar-refractivity contribution in [3.63, 3.8) is 0 Å². The third kappa shape index (κ3) is 5.03. The van der Waals surface area contributed by atoms with Crippen LogP contribution in [-0.2, 0) is 9.59 Å². The number of carbonyl (C=O) groups excluding carboxylic acids is 3. The van der Waals surface area contributed by atoms with Crippen LogP contribution in [0, 0.1) is 0 Å². The minimum absolute atomic E-state index is 0.00757. The average molecular weight is 430 g/mol. The number of fused-ring (bicyclic) bond motifs is 1. The van der Waals surface area contributed by atoms with Gasteiger partial charge in [0.05, 0.1) is 5.69 Å². The molecule has 1 fully saturated rings. The SMILES string of the molecule is NC(=O)CCN1CCN(C(=O)c2cccc3cc(N(N)CCCS)ccc23)CC1=O. The van der Waals surface area contributed by atoms with E-state index in [9.17, 15) is 14.4 Å². The number of nitrogens with zero attached hydrogens (tertiary/aromatic N) is 3. The van der Waals surface area contributed by atoms with Gasteiger partial charge in [-0.25, -0.2) is 5.84 Å². The highest BCUT2D eigenvalue weighted by atomic mass is 32.1. The van der Waals surface area contributed by atoms with Crippen molar-refractivity contribution in [2.24, 2.45) is 11.6 Å². The molecule has 30 heavy (non-hydrogen) atoms. The maximum Gasteiger partial charge on any atom is 0.255 e. The summed E-state index contributed by atoms with van der Waals surface area (Å²) in [6, 6.07) is 11.3. The second kappa shape index (κ2) is 9.82. The molecule has 1 heterocycles. The van der Waals surface area contributed by atoms with Crippen molar-refractivity contribution in [3.05, 3.63) is 42.0 Å². The summed E-state index contributed by atoms with van der Waals surface area (Å²) >= 11 is 4.21. The summed E-state index contributed by atoms with van der Waals surface area (Å²) in [6.45, 7) is 1.77. The lowest BCUT2D eigenvalue weighted by molar-refractivity contribution is -0.135. The Morgan fingerprint density at radius 2 is 1.97 bits per heavy atom. The largest absolute Gasteiger partial charge is 0.370 e. The van der Waals surface area contributed by atoms with Crippen LogP contribution in [0.3, 0.4) is 0 Å². The van der Waals surface area contributed by atoms with Crippen LogP contribution in [0.15, 0.2) is 36.4 Å². The van der Waals surface area contributed by atoms with E-state index in [1.165, 1.54) is 0 Å². The van der Waals surface area contributed by atoms with E-state index < -0.39 is 5.91 Å². The van der Waals surface area contributed by atoms with Crippen molar-refractivity contribution >= 4 is 46.8 Å². The molecule has 0 saturated carbocycles. The number of benzene rings is 2. The molecule has 9 heteroatoms. The lowest BCUT2D eigenvalue weighted by Crippen LogP contribution is -2.52. The van der Waals surface area contributed by atoms with Gasteiger partial charge in [-0.1, -0.05) is 18.2 Å². The molecule has 1 aliphatic heterocycles. The Bertz CT molecular complexity index is 951. The molecule has 2 aromatic rings. The fourth-order valence-electron chi connectivity index (χ4n) is 3.54. The Morgan fingerprint density at radius 3 is 2.67 bits per heavy atom. The minimum Gasteiger partial charge on any atom is -0.370 e. The van der Waals surface area contributed by atoms with Crippen molar-refractivity contribution in [3.8, 4) is 0 Å². The highest BCUT2D eigenvalue weighted by molar-refractivity contribution is 7.80. The summed E-state index contributed by atoms with van der Waals surface area (Å²) in [4.78, 5) is 39.6. The fraction of sp³-hybridized carbons (Fsp3) is 0.381. The zero-order valence-corrected chi connectivity index (χ0v) is 17.7. The lowest BCUT2D eigenvalue weighted by atomic mass is 10.0. The van der Waals surface area contributed by atoms with Gasteiger partial charge in [-0.3, -0.25) is 14.4 Å². The molecule has 3 amide bonds. The Balaban J connectivity index is 1.75. The van der Waals surface area contributed by atoms with Crippen LogP contribution in [0.5, 0.6) is 0 Å². The molecule has 8 nitrogen and oxygen atoms in total. The van der Waals surface area contributed by atoms with E-state index in [2.05, 4.69) is 12.6 Å². The number of hydrogen-bond donors (Lipinski definition) is 3. The number of carbonyl (C=O) groups is 3. The van der Waals surface area contributed by atoms with Gasteiger partial charge in [-0.2, -0.15) is 12.6 Å². The van der Waals surface area contributed by atoms with E-state index in [0.717, 1.165) is 28.6 Å². The molecule has 2 aromatic carbocycles. The predicted octanol–water partition coefficient (Wildman–Crippen LogP) is 1.000. The van der Waals surface area contributed by atoms with Crippen LogP contribution in [0.1, 0.15) is 23.2 Å². The number of primary amides is 1. The van der Waals surface area contributed by atoms with Gasteiger partial charge in [-0.05, 0) is 41.1 Å². The highest BCUT2D eigenvalue weighted by Crippen LogP contribution is 2.25. The Morgan fingerprint density at radius 1 is 1.17 bits per heavy atom. The summed E-state index contributed by atoms with van der Waals surface area (Å²) in [5.74, 6) is 6.06. The van der Waals surface area contributed by atoms with Crippen LogP contribution in [0.2, 0.25) is 0 Å². The average Bonchev–Trinajstić information content (AvgIpc) is 2.75. The number of anilines is 1. The van der Waals surface area contributed by atoms with E-state index in [4.69, 9.17) is 11.6 Å². The number of hydrazine groups is 1. The van der Waals surface area contributed by atoms with E-state index in [-0.39, 0.29) is 31.3 Å². The number of nitrogens with two attached hydrogens (primary N) is 2. The second-order valence-corrected chi connectivity index (χ2v) is 7.75. The lowest BCUT2D eigenvalue weighted by Gasteiger charge is -2.34. The van der Waals surface area contributed by atoms with E-state index >= 15 is 0 Å². The molecule has 0 spiro atoms. The quantitative estimate of drug-likeness (QED) is 0.329. The van der Waals surface area contributed by atoms with E-state index in [0.29, 0.717) is 25.2 Å². The van der Waals surface area contributed by atoms with Gasteiger partial charge in [0.15, 0.2) is 0 Å². The third-order valence-corrected chi connectivity index (χ3v) is 5.53. The van der Waals surface area contributed by atoms with Gasteiger partial charge in [0.1, 0.15) is 6.54 Å². The van der Waals surface area contributed by atoms with Crippen molar-refractivity contribution in [1.29, 1.82) is 0 Å². The number of amides is 3. The van der Waals surface area contributed by atoms with Crippen LogP contribution in [0.4, 0.5) is 5.69 Å². The van der Waals surface area contributed by atoms with Crippen LogP contribution >= 0.6 is 12.6 Å². The zero-order chi connectivity index (χ0) is 21.7. The van der Waals surface area contributed by atoms with Gasteiger partial charge in [0.2, 0.25) is 11.8 Å². The summed E-state index contributed by atoms with van der Waals surface area (Å²) in [7, 11) is 0. The molecule has 1 aliphatic rings. The standard InChI is InChI=1S/C21H27N5O3S/c22-19(27)7-9-24-10-11-25(14-20(24)28)21(29)18-4-1-3-15-13-16(5-6-17(15)18)26(23)8-2-12-30/h1,3-6,13,30H,2,7-12,14,23H2,(H2,22,27). The molecule has 0 aliphatic carbocycles. The summed E-state index contributed by atoms with van der Waals surface area (Å²) in [5, 5.41) is 3.40. The number of thiol groups is 1. The van der Waals surface area contributed by atoms with Crippen LogP contribution in [0.25, 0.3) is 10.8 Å². The Labute approximate surface area is 181 Å². The summed E-state index contributed by atoms with van der Waals surface area (Å²) in [5.41, 5.74) is 6.58. The van der Waals surface area contributed by atoms with Gasteiger partial charge in [0.25, 0.3) is 5.91 Å². The smallest absolute Gasteiger partial charge is 0.255 e. The number of piperazine rings is 1. The molecule has 4 N–H and O–H groups in total. The molecule has 0 atom stereocenters. The molecule has 3 rings (SSSR count). The Hall–Kier alpha value is -2.78. The number of hydrogen-bond acceptors (Lipinski definition) is 6. The van der Waals surface area contributed by atoms with Gasteiger partial charge in [0, 0.05) is 38.2 Å². The normalized spacial score (nSPS) is 14.3. The topological polar surface area (TPSA) is 113 Å². The first-order chi connectivity index (χ1) is 14.4. The predicted molar refractivity (Wildman–Crippen MR) is 120 cm³/mol. The third-order valence-electron chi connectivity index (χ3n) is 5.22. The maximum absolute atomic E-state index is 13.1. The maximum atomic E-state index is 13.1. The van der Waals surface area contributed by atoms with Gasteiger partial charge in [-0.15, -0.1) is 0 Å². The first-order valence-corrected chi connectivity index (χ1v) is 10.5. The second-order valence-electron chi connectivity index (χ2n) is 7.31. The first-order valence-electron chi connectivity index (χ1n) is 9.92. The summed E-state index contributed by atoms with van der Waals surface area (Å²) < 4.78 is 0. The molecular weight excluding hydrogens is 402 g/mol. The molecular formula is C21H27N5O3S. The molecule has 0 aromatic heterocycles. The Kier molecular flexibility index (Phi) is 7.17. The molecule has 0 bridgehead atoms. The van der Waals surface area contributed by atoms with Gasteiger partial charge < -0.3 is 20.5 Å². The molecule has 0 unspecified atom stereocenters. The monoisotopic (exact) mass is 429 g/mol. The van der Waals surface area contributed by atoms with Crippen molar-refractivity contribution in [2.45, 2.75) is 12.8 Å². The van der Waals surface area contributed by atoms with Crippen molar-refractivity contribution in [2.75, 3.05) is 43.5 Å². The van der Waals surface area contributed by atoms with E-state index in [1.807, 2.05) is 30.3 Å². The first kappa shape index (κ1) is 21.9. The van der Waals surface area contributed by atoms with Crippen molar-refractivity contribution in [1.82, 2.24) is 9.80 Å².